The zero-order chi connectivity index (χ0) is 12.5. The van der Waals surface area contributed by atoms with Gasteiger partial charge in [0.05, 0.1) is 0 Å². The van der Waals surface area contributed by atoms with Crippen molar-refractivity contribution in [3.63, 3.8) is 0 Å². The number of rotatable bonds is 5. The number of halogens is 2. The van der Waals surface area contributed by atoms with Crippen LogP contribution in [0.15, 0.2) is 28.7 Å². The first-order valence-corrected chi connectivity index (χ1v) is 7.01. The molecular formula is C14H22BrClN2. The van der Waals surface area contributed by atoms with Crippen molar-refractivity contribution in [2.45, 2.75) is 44.8 Å². The second-order valence-electron chi connectivity index (χ2n) is 5.75. The average molecular weight is 334 g/mol. The summed E-state index contributed by atoms with van der Waals surface area (Å²) < 4.78 is 1.15. The molecule has 1 aliphatic rings. The number of hydrogen-bond acceptors (Lipinski definition) is 2. The first kappa shape index (κ1) is 16.0. The summed E-state index contributed by atoms with van der Waals surface area (Å²) in [5, 5.41) is 0. The normalized spacial score (nSPS) is 15.6. The van der Waals surface area contributed by atoms with Crippen molar-refractivity contribution in [1.29, 1.82) is 0 Å². The predicted molar refractivity (Wildman–Crippen MR) is 83.1 cm³/mol. The molecule has 0 aromatic heterocycles. The van der Waals surface area contributed by atoms with Gasteiger partial charge >= 0.3 is 0 Å². The molecule has 0 spiro atoms. The van der Waals surface area contributed by atoms with E-state index in [4.69, 9.17) is 5.73 Å². The van der Waals surface area contributed by atoms with Crippen LogP contribution in [0.25, 0.3) is 0 Å². The van der Waals surface area contributed by atoms with E-state index in [0.717, 1.165) is 23.6 Å². The van der Waals surface area contributed by atoms with Gasteiger partial charge in [-0.25, -0.2) is 0 Å². The van der Waals surface area contributed by atoms with Crippen LogP contribution in [0.3, 0.4) is 0 Å². The van der Waals surface area contributed by atoms with Gasteiger partial charge in [0.2, 0.25) is 0 Å². The van der Waals surface area contributed by atoms with Crippen molar-refractivity contribution in [3.8, 4) is 0 Å². The third-order valence-electron chi connectivity index (χ3n) is 2.95. The summed E-state index contributed by atoms with van der Waals surface area (Å²) in [5.74, 6) is 0. The van der Waals surface area contributed by atoms with Crippen LogP contribution in [-0.2, 0) is 6.54 Å². The van der Waals surface area contributed by atoms with E-state index in [2.05, 4.69) is 58.9 Å². The average Bonchev–Trinajstić information content (AvgIpc) is 2.97. The van der Waals surface area contributed by atoms with Gasteiger partial charge in [0.1, 0.15) is 0 Å². The van der Waals surface area contributed by atoms with Crippen molar-refractivity contribution < 1.29 is 0 Å². The largest absolute Gasteiger partial charge is 0.324 e. The van der Waals surface area contributed by atoms with Crippen LogP contribution >= 0.6 is 28.3 Å². The van der Waals surface area contributed by atoms with Crippen molar-refractivity contribution in [2.24, 2.45) is 5.73 Å². The molecule has 1 aromatic rings. The molecule has 0 heterocycles. The van der Waals surface area contributed by atoms with Crippen molar-refractivity contribution in [3.05, 3.63) is 34.3 Å². The van der Waals surface area contributed by atoms with Gasteiger partial charge in [-0.1, -0.05) is 28.1 Å². The molecule has 2 nitrogen and oxygen atoms in total. The van der Waals surface area contributed by atoms with E-state index >= 15 is 0 Å². The fourth-order valence-electron chi connectivity index (χ4n) is 2.15. The molecule has 1 aromatic carbocycles. The summed E-state index contributed by atoms with van der Waals surface area (Å²) in [6.45, 7) is 6.17. The molecule has 0 bridgehead atoms. The highest BCUT2D eigenvalue weighted by atomic mass is 79.9. The molecule has 0 radical (unpaired) electrons. The molecule has 0 amide bonds. The Morgan fingerprint density at radius 1 is 1.39 bits per heavy atom. The standard InChI is InChI=1S/C14H21BrN2.ClH/c1-14(2,16)10-17(13-6-7-13)9-11-4-3-5-12(15)8-11;/h3-5,8,13H,6-7,9-10,16H2,1-2H3;1H. The SMILES string of the molecule is CC(C)(N)CN(Cc1cccc(Br)c1)C1CC1.Cl. The van der Waals surface area contributed by atoms with Gasteiger partial charge in [-0.3, -0.25) is 4.90 Å². The van der Waals surface area contributed by atoms with Gasteiger partial charge in [-0.05, 0) is 44.4 Å². The fourth-order valence-corrected chi connectivity index (χ4v) is 2.59. The smallest absolute Gasteiger partial charge is 0.0237 e. The summed E-state index contributed by atoms with van der Waals surface area (Å²) in [5.41, 5.74) is 7.38. The van der Waals surface area contributed by atoms with E-state index < -0.39 is 0 Å². The molecule has 18 heavy (non-hydrogen) atoms. The topological polar surface area (TPSA) is 29.3 Å². The zero-order valence-electron chi connectivity index (χ0n) is 11.0. The van der Waals surface area contributed by atoms with E-state index in [-0.39, 0.29) is 17.9 Å². The van der Waals surface area contributed by atoms with Crippen molar-refractivity contribution in [2.75, 3.05) is 6.54 Å². The second kappa shape index (κ2) is 6.38. The number of nitrogens with zero attached hydrogens (tertiary/aromatic N) is 1. The zero-order valence-corrected chi connectivity index (χ0v) is 13.4. The van der Waals surface area contributed by atoms with Gasteiger partial charge in [0.25, 0.3) is 0 Å². The minimum atomic E-state index is -0.116. The molecule has 0 atom stereocenters. The molecule has 2 rings (SSSR count). The molecule has 4 heteroatoms. The minimum Gasteiger partial charge on any atom is -0.324 e. The van der Waals surface area contributed by atoms with Crippen LogP contribution in [-0.4, -0.2) is 23.0 Å². The Labute approximate surface area is 124 Å². The predicted octanol–water partition coefficient (Wildman–Crippen LogP) is 3.57. The lowest BCUT2D eigenvalue weighted by molar-refractivity contribution is 0.208. The lowest BCUT2D eigenvalue weighted by Gasteiger charge is -2.30. The Morgan fingerprint density at radius 2 is 2.06 bits per heavy atom. The summed E-state index contributed by atoms with van der Waals surface area (Å²) >= 11 is 3.52. The number of nitrogens with two attached hydrogens (primary N) is 1. The van der Waals surface area contributed by atoms with E-state index in [1.165, 1.54) is 18.4 Å². The summed E-state index contributed by atoms with van der Waals surface area (Å²) in [6, 6.07) is 9.29. The van der Waals surface area contributed by atoms with E-state index in [9.17, 15) is 0 Å². The lowest BCUT2D eigenvalue weighted by atomic mass is 10.1. The molecule has 102 valence electrons. The van der Waals surface area contributed by atoms with Crippen LogP contribution < -0.4 is 5.73 Å². The van der Waals surface area contributed by atoms with Crippen molar-refractivity contribution >= 4 is 28.3 Å². The summed E-state index contributed by atoms with van der Waals surface area (Å²) in [7, 11) is 0. The van der Waals surface area contributed by atoms with Gasteiger partial charge in [0, 0.05) is 29.1 Å². The first-order chi connectivity index (χ1) is 7.94. The van der Waals surface area contributed by atoms with E-state index in [0.29, 0.717) is 0 Å². The van der Waals surface area contributed by atoms with Gasteiger partial charge in [-0.15, -0.1) is 12.4 Å². The Hall–Kier alpha value is -0.0900. The van der Waals surface area contributed by atoms with Crippen LogP contribution in [0, 0.1) is 0 Å². The first-order valence-electron chi connectivity index (χ1n) is 6.21. The Bertz CT molecular complexity index is 386. The molecule has 1 saturated carbocycles. The van der Waals surface area contributed by atoms with E-state index in [1.807, 2.05) is 0 Å². The van der Waals surface area contributed by atoms with Crippen LogP contribution in [0.5, 0.6) is 0 Å². The minimum absolute atomic E-state index is 0. The number of benzene rings is 1. The van der Waals surface area contributed by atoms with Crippen LogP contribution in [0.4, 0.5) is 0 Å². The fraction of sp³-hybridized carbons (Fsp3) is 0.571. The molecule has 1 fully saturated rings. The van der Waals surface area contributed by atoms with Gasteiger partial charge in [0.15, 0.2) is 0 Å². The van der Waals surface area contributed by atoms with Crippen LogP contribution in [0.2, 0.25) is 0 Å². The van der Waals surface area contributed by atoms with Gasteiger partial charge < -0.3 is 5.73 Å². The molecule has 1 aliphatic carbocycles. The lowest BCUT2D eigenvalue weighted by Crippen LogP contribution is -2.45. The van der Waals surface area contributed by atoms with Crippen LogP contribution in [0.1, 0.15) is 32.3 Å². The third-order valence-corrected chi connectivity index (χ3v) is 3.44. The highest BCUT2D eigenvalue weighted by molar-refractivity contribution is 9.10. The Kier molecular flexibility index (Phi) is 5.66. The third kappa shape index (κ3) is 5.27. The maximum absolute atomic E-state index is 6.13. The second-order valence-corrected chi connectivity index (χ2v) is 6.67. The maximum Gasteiger partial charge on any atom is 0.0237 e. The molecule has 0 saturated heterocycles. The molecule has 0 unspecified atom stereocenters. The quantitative estimate of drug-likeness (QED) is 0.892. The van der Waals surface area contributed by atoms with E-state index in [1.54, 1.807) is 0 Å². The summed E-state index contributed by atoms with van der Waals surface area (Å²) in [6.07, 6.45) is 2.65. The van der Waals surface area contributed by atoms with Gasteiger partial charge in [-0.2, -0.15) is 0 Å². The van der Waals surface area contributed by atoms with Crippen molar-refractivity contribution in [1.82, 2.24) is 4.90 Å². The molecule has 0 aliphatic heterocycles. The maximum atomic E-state index is 6.13. The molecular weight excluding hydrogens is 312 g/mol. The Morgan fingerprint density at radius 3 is 2.56 bits per heavy atom. The summed E-state index contributed by atoms with van der Waals surface area (Å²) in [4.78, 5) is 2.52. The monoisotopic (exact) mass is 332 g/mol. The molecule has 2 N–H and O–H groups in total. The highest BCUT2D eigenvalue weighted by Gasteiger charge is 2.31. The highest BCUT2D eigenvalue weighted by Crippen LogP contribution is 2.29. The number of hydrogen-bond donors (Lipinski definition) is 1. The Balaban J connectivity index is 0.00000162.